The Balaban J connectivity index is 0.000000213. The van der Waals surface area contributed by atoms with E-state index in [4.69, 9.17) is 0 Å². The van der Waals surface area contributed by atoms with Crippen LogP contribution < -0.4 is 0 Å². The maximum absolute atomic E-state index is 2.46. The summed E-state index contributed by atoms with van der Waals surface area (Å²) in [6, 6.07) is 0. The SMILES string of the molecule is C1=CSC(C2SC=CS2)S1.[I][V]([I])[I]. The first-order valence-corrected chi connectivity index (χ1v) is 20.7. The molecule has 0 bridgehead atoms. The van der Waals surface area contributed by atoms with E-state index in [1.54, 1.807) is 0 Å². The number of halogens is 3. The summed E-state index contributed by atoms with van der Waals surface area (Å²) in [5, 5.41) is 8.76. The molecule has 0 spiro atoms. The van der Waals surface area contributed by atoms with Gasteiger partial charge in [-0.05, 0) is 21.6 Å². The van der Waals surface area contributed by atoms with Crippen molar-refractivity contribution < 1.29 is 4.92 Å². The van der Waals surface area contributed by atoms with Crippen molar-refractivity contribution in [3.05, 3.63) is 21.6 Å². The van der Waals surface area contributed by atoms with Gasteiger partial charge in [0.15, 0.2) is 0 Å². The molecule has 0 unspecified atom stereocenters. The predicted molar refractivity (Wildman–Crippen MR) is 98.3 cm³/mol. The molecule has 80 valence electrons. The molecule has 0 nitrogen and oxygen atoms in total. The van der Waals surface area contributed by atoms with Gasteiger partial charge in [0.2, 0.25) is 0 Å². The van der Waals surface area contributed by atoms with Crippen LogP contribution in [0.3, 0.4) is 0 Å². The van der Waals surface area contributed by atoms with E-state index in [1.807, 2.05) is 47.0 Å². The Labute approximate surface area is 139 Å². The van der Waals surface area contributed by atoms with Gasteiger partial charge in [-0.1, -0.05) is 0 Å². The summed E-state index contributed by atoms with van der Waals surface area (Å²) in [6.07, 6.45) is 0. The molecule has 0 aromatic heterocycles. The average molecular weight is 638 g/mol. The number of hydrogen-bond donors (Lipinski definition) is 0. The van der Waals surface area contributed by atoms with E-state index in [1.165, 1.54) is 0 Å². The Morgan fingerprint density at radius 3 is 1.14 bits per heavy atom. The number of thioether (sulfide) groups is 4. The van der Waals surface area contributed by atoms with Crippen LogP contribution in [0.4, 0.5) is 0 Å². The van der Waals surface area contributed by atoms with Crippen LogP contribution in [0.2, 0.25) is 0 Å². The van der Waals surface area contributed by atoms with Crippen LogP contribution in [0.5, 0.6) is 0 Å². The van der Waals surface area contributed by atoms with Crippen molar-refractivity contribution in [1.82, 2.24) is 0 Å². The molecule has 8 heteroatoms. The molecule has 0 radical (unpaired) electrons. The van der Waals surface area contributed by atoms with Gasteiger partial charge in [-0.2, -0.15) is 0 Å². The van der Waals surface area contributed by atoms with Crippen LogP contribution in [0.25, 0.3) is 0 Å². The molecule has 0 aromatic carbocycles. The molecule has 0 N–H and O–H groups in total. The summed E-state index contributed by atoms with van der Waals surface area (Å²) >= 11 is 15.1. The molecule has 0 aliphatic carbocycles. The molecule has 2 aliphatic heterocycles. The molecule has 0 aromatic rings. The molecule has 0 atom stereocenters. The van der Waals surface area contributed by atoms with E-state index >= 15 is 0 Å². The first kappa shape index (κ1) is 15.7. The molecule has 2 rings (SSSR count). The third-order valence-electron chi connectivity index (χ3n) is 1.18. The third kappa shape index (κ3) is 7.17. The van der Waals surface area contributed by atoms with Crippen molar-refractivity contribution in [1.29, 1.82) is 0 Å². The molecule has 0 saturated heterocycles. The standard InChI is InChI=1S/C6H6S4.3HI.V/c1-2-8-5(7-1)6-9-3-4-10-6;;;;/h1-6H;3*1H;/q;;;;+3/p-3. The molecular weight excluding hydrogens is 632 g/mol. The second-order valence-electron chi connectivity index (χ2n) is 2.02. The van der Waals surface area contributed by atoms with Crippen molar-refractivity contribution in [2.45, 2.75) is 9.16 Å². The fraction of sp³-hybridized carbons (Fsp3) is 0.333. The van der Waals surface area contributed by atoms with Gasteiger partial charge in [-0.3, -0.25) is 0 Å². The van der Waals surface area contributed by atoms with E-state index in [2.05, 4.69) is 81.6 Å². The fourth-order valence-corrected chi connectivity index (χ4v) is 5.74. The minimum atomic E-state index is -0.278. The van der Waals surface area contributed by atoms with E-state index in [0.29, 0.717) is 0 Å². The summed E-state index contributed by atoms with van der Waals surface area (Å²) in [5.74, 6) is 0. The van der Waals surface area contributed by atoms with Crippen LogP contribution in [0, 0.1) is 0 Å². The van der Waals surface area contributed by atoms with Gasteiger partial charge in [-0.15, -0.1) is 47.0 Å². The van der Waals surface area contributed by atoms with Crippen molar-refractivity contribution in [2.75, 3.05) is 0 Å². The van der Waals surface area contributed by atoms with E-state index in [0.717, 1.165) is 9.16 Å². The van der Waals surface area contributed by atoms with Gasteiger partial charge >= 0.3 is 64.9 Å². The van der Waals surface area contributed by atoms with Gasteiger partial charge in [0.25, 0.3) is 0 Å². The summed E-state index contributed by atoms with van der Waals surface area (Å²) in [5.41, 5.74) is 0. The predicted octanol–water partition coefficient (Wildman–Crippen LogP) is 6.20. The Bertz CT molecular complexity index is 184. The van der Waals surface area contributed by atoms with E-state index in [-0.39, 0.29) is 4.92 Å². The van der Waals surface area contributed by atoms with Gasteiger partial charge in [-0.25, -0.2) is 0 Å². The Hall–Kier alpha value is 3.65. The summed E-state index contributed by atoms with van der Waals surface area (Å²) in [4.78, 5) is -0.278. The van der Waals surface area contributed by atoms with E-state index < -0.39 is 0 Å². The zero-order chi connectivity index (χ0) is 10.4. The molecule has 0 saturated carbocycles. The summed E-state index contributed by atoms with van der Waals surface area (Å²) < 4.78 is 1.48. The molecule has 14 heavy (non-hydrogen) atoms. The molecule has 2 heterocycles. The second-order valence-corrected chi connectivity index (χ2v) is 42.2. The maximum atomic E-state index is 2.46. The fourth-order valence-electron chi connectivity index (χ4n) is 0.759. The van der Waals surface area contributed by atoms with Crippen LogP contribution in [0.1, 0.15) is 0 Å². The molecule has 0 fully saturated rings. The summed E-state index contributed by atoms with van der Waals surface area (Å²) in [6.45, 7) is 0. The number of rotatable bonds is 1. The molecule has 0 amide bonds. The van der Waals surface area contributed by atoms with Gasteiger partial charge < -0.3 is 0 Å². The van der Waals surface area contributed by atoms with Crippen molar-refractivity contribution in [3.63, 3.8) is 0 Å². The monoisotopic (exact) mass is 638 g/mol. The van der Waals surface area contributed by atoms with Crippen LogP contribution in [-0.4, -0.2) is 9.16 Å². The van der Waals surface area contributed by atoms with Crippen LogP contribution in [0.15, 0.2) is 21.6 Å². The van der Waals surface area contributed by atoms with Gasteiger partial charge in [0, 0.05) is 0 Å². The third-order valence-corrected chi connectivity index (χ3v) is 6.89. The van der Waals surface area contributed by atoms with Crippen LogP contribution >= 0.6 is 107 Å². The molecule has 2 aliphatic rings. The van der Waals surface area contributed by atoms with Crippen LogP contribution in [-0.2, 0) is 4.92 Å². The second kappa shape index (κ2) is 9.57. The zero-order valence-electron chi connectivity index (χ0n) is 6.68. The average Bonchev–Trinajstić information content (AvgIpc) is 2.76. The zero-order valence-corrected chi connectivity index (χ0v) is 17.8. The van der Waals surface area contributed by atoms with Crippen molar-refractivity contribution >= 4 is 107 Å². The minimum absolute atomic E-state index is 0.278. The van der Waals surface area contributed by atoms with Gasteiger partial charge in [0.05, 0.1) is 9.16 Å². The topological polar surface area (TPSA) is 0 Å². The quantitative estimate of drug-likeness (QED) is 0.314. The van der Waals surface area contributed by atoms with Gasteiger partial charge in [0.1, 0.15) is 0 Å². The number of hydrogen-bond acceptors (Lipinski definition) is 4. The van der Waals surface area contributed by atoms with E-state index in [9.17, 15) is 0 Å². The summed E-state index contributed by atoms with van der Waals surface area (Å²) in [7, 11) is 0. The normalized spacial score (nSPS) is 21.7. The van der Waals surface area contributed by atoms with Crippen molar-refractivity contribution in [2.24, 2.45) is 0 Å². The van der Waals surface area contributed by atoms with Crippen molar-refractivity contribution in [3.8, 4) is 0 Å². The Morgan fingerprint density at radius 2 is 0.929 bits per heavy atom. The molecular formula is C6H6I3S4V. The Kier molecular flexibility index (Phi) is 10.7. The first-order valence-electron chi connectivity index (χ1n) is 3.39. The Morgan fingerprint density at radius 1 is 0.714 bits per heavy atom. The first-order chi connectivity index (χ1) is 6.70.